The fourth-order valence-electron chi connectivity index (χ4n) is 1.94. The Balaban J connectivity index is 1.79. The molecule has 0 unspecified atom stereocenters. The highest BCUT2D eigenvalue weighted by Crippen LogP contribution is 2.16. The van der Waals surface area contributed by atoms with Gasteiger partial charge in [0.2, 0.25) is 0 Å². The summed E-state index contributed by atoms with van der Waals surface area (Å²) in [5.41, 5.74) is 4.30. The number of hydrogen-bond donors (Lipinski definition) is 1. The molecule has 116 valence electrons. The molecule has 0 aliphatic carbocycles. The van der Waals surface area contributed by atoms with Gasteiger partial charge in [-0.15, -0.1) is 11.3 Å². The molecule has 0 aliphatic heterocycles. The lowest BCUT2D eigenvalue weighted by molar-refractivity contribution is -0.124. The quantitative estimate of drug-likeness (QED) is 0.862. The number of hydrogen-bond acceptors (Lipinski definition) is 4. The number of ether oxygens (including phenoxy) is 1. The first kappa shape index (κ1) is 16.2. The number of rotatable bonds is 5. The number of carbonyl (C=O) groups is 2. The monoisotopic (exact) mass is 317 g/mol. The van der Waals surface area contributed by atoms with Gasteiger partial charge in [-0.05, 0) is 54.5 Å². The molecule has 1 heterocycles. The Labute approximate surface area is 134 Å². The molecule has 22 heavy (non-hydrogen) atoms. The van der Waals surface area contributed by atoms with Gasteiger partial charge in [0.15, 0.2) is 6.61 Å². The number of carbonyl (C=O) groups excluding carboxylic acids is 2. The predicted octanol–water partition coefficient (Wildman–Crippen LogP) is 3.15. The second kappa shape index (κ2) is 7.22. The van der Waals surface area contributed by atoms with Crippen LogP contribution >= 0.6 is 11.3 Å². The summed E-state index contributed by atoms with van der Waals surface area (Å²) in [6.45, 7) is 6.08. The second-order valence-corrected chi connectivity index (χ2v) is 6.12. The van der Waals surface area contributed by atoms with E-state index in [1.54, 1.807) is 0 Å². The predicted molar refractivity (Wildman–Crippen MR) is 87.1 cm³/mol. The third-order valence-corrected chi connectivity index (χ3v) is 4.44. The molecule has 5 heteroatoms. The largest absolute Gasteiger partial charge is 0.451 e. The maximum Gasteiger partial charge on any atom is 0.349 e. The summed E-state index contributed by atoms with van der Waals surface area (Å²) in [4.78, 5) is 24.1. The van der Waals surface area contributed by atoms with Crippen LogP contribution < -0.4 is 5.32 Å². The van der Waals surface area contributed by atoms with E-state index >= 15 is 0 Å². The minimum atomic E-state index is -0.450. The zero-order valence-corrected chi connectivity index (χ0v) is 13.8. The molecule has 0 radical (unpaired) electrons. The van der Waals surface area contributed by atoms with Crippen molar-refractivity contribution in [3.63, 3.8) is 0 Å². The van der Waals surface area contributed by atoms with Crippen molar-refractivity contribution in [1.82, 2.24) is 5.32 Å². The molecule has 2 aromatic rings. The molecule has 0 saturated heterocycles. The minimum absolute atomic E-state index is 0.263. The molecule has 0 fully saturated rings. The molecule has 1 aromatic carbocycles. The minimum Gasteiger partial charge on any atom is -0.451 e. The van der Waals surface area contributed by atoms with Crippen molar-refractivity contribution in [1.29, 1.82) is 0 Å². The highest BCUT2D eigenvalue weighted by Gasteiger charge is 2.13. The third kappa shape index (κ3) is 4.18. The van der Waals surface area contributed by atoms with E-state index in [0.717, 1.165) is 11.1 Å². The highest BCUT2D eigenvalue weighted by atomic mass is 32.1. The summed E-state index contributed by atoms with van der Waals surface area (Å²) < 4.78 is 5.02. The SMILES string of the molecule is Cc1ccc(CNC(=O)COC(=O)c2sccc2C)cc1C. The van der Waals surface area contributed by atoms with Crippen molar-refractivity contribution in [3.8, 4) is 0 Å². The molecular formula is C17H19NO3S. The molecule has 1 aromatic heterocycles. The lowest BCUT2D eigenvalue weighted by Crippen LogP contribution is -2.28. The van der Waals surface area contributed by atoms with Crippen LogP contribution in [0.15, 0.2) is 29.6 Å². The van der Waals surface area contributed by atoms with Crippen molar-refractivity contribution >= 4 is 23.2 Å². The van der Waals surface area contributed by atoms with Crippen LogP contribution in [0.25, 0.3) is 0 Å². The Morgan fingerprint density at radius 1 is 1.09 bits per heavy atom. The first-order valence-electron chi connectivity index (χ1n) is 7.01. The van der Waals surface area contributed by atoms with Gasteiger partial charge in [-0.1, -0.05) is 18.2 Å². The fourth-order valence-corrected chi connectivity index (χ4v) is 2.76. The maximum atomic E-state index is 11.8. The molecule has 0 bridgehead atoms. The van der Waals surface area contributed by atoms with Gasteiger partial charge in [0.05, 0.1) is 0 Å². The average molecular weight is 317 g/mol. The molecular weight excluding hydrogens is 298 g/mol. The molecule has 0 saturated carbocycles. The van der Waals surface area contributed by atoms with Crippen LogP contribution in [0.1, 0.15) is 31.9 Å². The summed E-state index contributed by atoms with van der Waals surface area (Å²) in [6, 6.07) is 7.89. The lowest BCUT2D eigenvalue weighted by atomic mass is 10.1. The van der Waals surface area contributed by atoms with Crippen LogP contribution in [0.5, 0.6) is 0 Å². The standard InChI is InChI=1S/C17H19NO3S/c1-11-4-5-14(8-13(11)3)9-18-15(19)10-21-17(20)16-12(2)6-7-22-16/h4-8H,9-10H2,1-3H3,(H,18,19). The third-order valence-electron chi connectivity index (χ3n) is 3.44. The van der Waals surface area contributed by atoms with Crippen LogP contribution in [0.2, 0.25) is 0 Å². The van der Waals surface area contributed by atoms with Crippen LogP contribution in [0.3, 0.4) is 0 Å². The molecule has 0 atom stereocenters. The molecule has 0 aliphatic rings. The van der Waals surface area contributed by atoms with E-state index in [2.05, 4.69) is 5.32 Å². The summed E-state index contributed by atoms with van der Waals surface area (Å²) >= 11 is 1.32. The van der Waals surface area contributed by atoms with E-state index in [9.17, 15) is 9.59 Å². The molecule has 0 spiro atoms. The molecule has 2 rings (SSSR count). The lowest BCUT2D eigenvalue weighted by Gasteiger charge is -2.08. The van der Waals surface area contributed by atoms with E-state index in [4.69, 9.17) is 4.74 Å². The van der Waals surface area contributed by atoms with Crippen molar-refractivity contribution in [2.45, 2.75) is 27.3 Å². The van der Waals surface area contributed by atoms with Crippen molar-refractivity contribution in [3.05, 3.63) is 56.8 Å². The number of aryl methyl sites for hydroxylation is 3. The summed E-state index contributed by atoms with van der Waals surface area (Å²) in [5, 5.41) is 4.57. The van der Waals surface area contributed by atoms with Gasteiger partial charge >= 0.3 is 5.97 Å². The van der Waals surface area contributed by atoms with E-state index in [-0.39, 0.29) is 12.5 Å². The van der Waals surface area contributed by atoms with Crippen LogP contribution in [0, 0.1) is 20.8 Å². The number of amides is 1. The topological polar surface area (TPSA) is 55.4 Å². The smallest absolute Gasteiger partial charge is 0.349 e. The first-order valence-corrected chi connectivity index (χ1v) is 7.89. The highest BCUT2D eigenvalue weighted by molar-refractivity contribution is 7.12. The van der Waals surface area contributed by atoms with Crippen LogP contribution in [0.4, 0.5) is 0 Å². The number of nitrogens with one attached hydrogen (secondary N) is 1. The first-order chi connectivity index (χ1) is 10.5. The second-order valence-electron chi connectivity index (χ2n) is 5.20. The van der Waals surface area contributed by atoms with Gasteiger partial charge in [0.1, 0.15) is 4.88 Å². The van der Waals surface area contributed by atoms with E-state index in [1.807, 2.05) is 50.4 Å². The van der Waals surface area contributed by atoms with Gasteiger partial charge in [0, 0.05) is 6.54 Å². The Morgan fingerprint density at radius 3 is 2.50 bits per heavy atom. The van der Waals surface area contributed by atoms with Crippen molar-refractivity contribution < 1.29 is 14.3 Å². The van der Waals surface area contributed by atoms with Gasteiger partial charge in [-0.3, -0.25) is 4.79 Å². The number of thiophene rings is 1. The molecule has 4 nitrogen and oxygen atoms in total. The van der Waals surface area contributed by atoms with Crippen molar-refractivity contribution in [2.75, 3.05) is 6.61 Å². The van der Waals surface area contributed by atoms with Gasteiger partial charge in [0.25, 0.3) is 5.91 Å². The molecule has 1 N–H and O–H groups in total. The Kier molecular flexibility index (Phi) is 5.33. The van der Waals surface area contributed by atoms with Crippen LogP contribution in [-0.2, 0) is 16.1 Å². The summed E-state index contributed by atoms with van der Waals surface area (Å²) in [6.07, 6.45) is 0. The fraction of sp³-hybridized carbons (Fsp3) is 0.294. The molecule has 1 amide bonds. The summed E-state index contributed by atoms with van der Waals surface area (Å²) in [5.74, 6) is -0.755. The average Bonchev–Trinajstić information content (AvgIpc) is 2.92. The Bertz CT molecular complexity index is 691. The van der Waals surface area contributed by atoms with E-state index in [1.165, 1.54) is 22.5 Å². The maximum absolute atomic E-state index is 11.8. The summed E-state index contributed by atoms with van der Waals surface area (Å²) in [7, 11) is 0. The Morgan fingerprint density at radius 2 is 1.86 bits per heavy atom. The van der Waals surface area contributed by atoms with Crippen molar-refractivity contribution in [2.24, 2.45) is 0 Å². The van der Waals surface area contributed by atoms with E-state index < -0.39 is 5.97 Å². The number of benzene rings is 1. The zero-order valence-electron chi connectivity index (χ0n) is 12.9. The normalized spacial score (nSPS) is 10.3. The number of esters is 1. The Hall–Kier alpha value is -2.14. The van der Waals surface area contributed by atoms with E-state index in [0.29, 0.717) is 11.4 Å². The van der Waals surface area contributed by atoms with Crippen LogP contribution in [-0.4, -0.2) is 18.5 Å². The van der Waals surface area contributed by atoms with Gasteiger partial charge < -0.3 is 10.1 Å². The van der Waals surface area contributed by atoms with Gasteiger partial charge in [-0.2, -0.15) is 0 Å². The zero-order chi connectivity index (χ0) is 16.1. The van der Waals surface area contributed by atoms with Gasteiger partial charge in [-0.25, -0.2) is 4.79 Å².